The van der Waals surface area contributed by atoms with Crippen molar-refractivity contribution in [2.75, 3.05) is 11.4 Å². The number of hydrogen-bond acceptors (Lipinski definition) is 3. The predicted octanol–water partition coefficient (Wildman–Crippen LogP) is 1.51. The van der Waals surface area contributed by atoms with Gasteiger partial charge in [0.1, 0.15) is 12.1 Å². The Labute approximate surface area is 118 Å². The van der Waals surface area contributed by atoms with Gasteiger partial charge in [-0.2, -0.15) is 0 Å². The number of fused-ring (bicyclic) bond motifs is 1. The van der Waals surface area contributed by atoms with Crippen LogP contribution in [0.4, 0.5) is 5.69 Å². The van der Waals surface area contributed by atoms with Crippen LogP contribution in [0.2, 0.25) is 0 Å². The van der Waals surface area contributed by atoms with Crippen molar-refractivity contribution in [3.05, 3.63) is 24.0 Å². The first-order valence-electron chi connectivity index (χ1n) is 7.19. The Morgan fingerprint density at radius 3 is 2.75 bits per heavy atom. The van der Waals surface area contributed by atoms with E-state index in [0.29, 0.717) is 13.0 Å². The van der Waals surface area contributed by atoms with Crippen molar-refractivity contribution in [2.24, 2.45) is 0 Å². The molecule has 2 unspecified atom stereocenters. The second kappa shape index (κ2) is 4.89. The summed E-state index contributed by atoms with van der Waals surface area (Å²) in [5, 5.41) is 0. The molecule has 0 aliphatic carbocycles. The van der Waals surface area contributed by atoms with E-state index in [0.717, 1.165) is 24.2 Å². The van der Waals surface area contributed by atoms with E-state index in [1.54, 1.807) is 16.0 Å². The fraction of sp³-hybridized carbons (Fsp3) is 0.533. The predicted molar refractivity (Wildman–Crippen MR) is 75.3 cm³/mol. The molecule has 3 rings (SSSR count). The number of amides is 2. The molecule has 2 fully saturated rings. The van der Waals surface area contributed by atoms with Crippen LogP contribution in [0.15, 0.2) is 18.3 Å². The zero-order valence-corrected chi connectivity index (χ0v) is 11.9. The van der Waals surface area contributed by atoms with Gasteiger partial charge < -0.3 is 4.90 Å². The number of aromatic nitrogens is 1. The molecule has 0 N–H and O–H groups in total. The lowest BCUT2D eigenvalue weighted by Crippen LogP contribution is -2.63. The highest BCUT2D eigenvalue weighted by Crippen LogP contribution is 2.31. The zero-order valence-electron chi connectivity index (χ0n) is 11.9. The number of anilines is 1. The molecule has 2 saturated heterocycles. The van der Waals surface area contributed by atoms with Crippen LogP contribution in [0, 0.1) is 6.92 Å². The minimum Gasteiger partial charge on any atom is -0.329 e. The van der Waals surface area contributed by atoms with Gasteiger partial charge in [-0.15, -0.1) is 0 Å². The molecule has 0 aromatic carbocycles. The highest BCUT2D eigenvalue weighted by atomic mass is 16.2. The van der Waals surface area contributed by atoms with Crippen LogP contribution >= 0.6 is 0 Å². The molecule has 2 aliphatic rings. The van der Waals surface area contributed by atoms with E-state index in [2.05, 4.69) is 4.98 Å². The molecule has 0 bridgehead atoms. The molecule has 5 heteroatoms. The lowest BCUT2D eigenvalue weighted by Gasteiger charge is -2.41. The molecule has 0 radical (unpaired) electrons. The second-order valence-electron chi connectivity index (χ2n) is 5.48. The first-order chi connectivity index (χ1) is 9.63. The maximum Gasteiger partial charge on any atom is 0.250 e. The molecule has 0 spiro atoms. The molecule has 0 saturated carbocycles. The number of carbonyl (C=O) groups excluding carboxylic acids is 2. The summed E-state index contributed by atoms with van der Waals surface area (Å²) in [6, 6.07) is 3.09. The van der Waals surface area contributed by atoms with Crippen molar-refractivity contribution in [2.45, 2.75) is 45.2 Å². The van der Waals surface area contributed by atoms with Crippen molar-refractivity contribution in [1.29, 1.82) is 0 Å². The van der Waals surface area contributed by atoms with E-state index in [-0.39, 0.29) is 23.9 Å². The largest absolute Gasteiger partial charge is 0.329 e. The van der Waals surface area contributed by atoms with Crippen LogP contribution < -0.4 is 4.90 Å². The Morgan fingerprint density at radius 1 is 1.30 bits per heavy atom. The fourth-order valence-corrected chi connectivity index (χ4v) is 3.17. The van der Waals surface area contributed by atoms with Crippen LogP contribution in [0.1, 0.15) is 31.9 Å². The van der Waals surface area contributed by atoms with E-state index in [1.165, 1.54) is 0 Å². The van der Waals surface area contributed by atoms with Gasteiger partial charge in [0.05, 0.1) is 11.9 Å². The Balaban J connectivity index is 2.00. The third-order valence-electron chi connectivity index (χ3n) is 4.22. The maximum absolute atomic E-state index is 12.7. The number of piperazine rings is 1. The van der Waals surface area contributed by atoms with Gasteiger partial charge in [0.25, 0.3) is 5.91 Å². The van der Waals surface area contributed by atoms with E-state index < -0.39 is 0 Å². The van der Waals surface area contributed by atoms with Crippen LogP contribution in [-0.2, 0) is 9.59 Å². The third kappa shape index (κ3) is 1.88. The second-order valence-corrected chi connectivity index (χ2v) is 5.48. The van der Waals surface area contributed by atoms with Gasteiger partial charge in [0.2, 0.25) is 5.91 Å². The molecular weight excluding hydrogens is 254 g/mol. The summed E-state index contributed by atoms with van der Waals surface area (Å²) < 4.78 is 0. The van der Waals surface area contributed by atoms with Gasteiger partial charge in [0.15, 0.2) is 0 Å². The highest BCUT2D eigenvalue weighted by Gasteiger charge is 2.47. The fourth-order valence-electron chi connectivity index (χ4n) is 3.17. The molecule has 3 heterocycles. The Kier molecular flexibility index (Phi) is 3.20. The quantitative estimate of drug-likeness (QED) is 0.820. The van der Waals surface area contributed by atoms with E-state index >= 15 is 0 Å². The van der Waals surface area contributed by atoms with Crippen LogP contribution in [0.5, 0.6) is 0 Å². The number of rotatable bonds is 2. The molecule has 106 valence electrons. The molecule has 1 aromatic heterocycles. The van der Waals surface area contributed by atoms with E-state index in [1.807, 2.05) is 26.0 Å². The molecule has 1 aromatic rings. The summed E-state index contributed by atoms with van der Waals surface area (Å²) in [5.41, 5.74) is 1.63. The molecule has 5 nitrogen and oxygen atoms in total. The highest BCUT2D eigenvalue weighted by molar-refractivity contribution is 6.08. The summed E-state index contributed by atoms with van der Waals surface area (Å²) in [6.07, 6.45) is 4.00. The average molecular weight is 273 g/mol. The smallest absolute Gasteiger partial charge is 0.250 e. The molecule has 2 aliphatic heterocycles. The lowest BCUT2D eigenvalue weighted by molar-refractivity contribution is -0.144. The number of pyridine rings is 1. The average Bonchev–Trinajstić information content (AvgIpc) is 2.94. The maximum atomic E-state index is 12.7. The lowest BCUT2D eigenvalue weighted by atomic mass is 10.0. The van der Waals surface area contributed by atoms with Crippen molar-refractivity contribution in [1.82, 2.24) is 9.88 Å². The number of hydrogen-bond donors (Lipinski definition) is 0. The Bertz CT molecular complexity index is 541. The van der Waals surface area contributed by atoms with Gasteiger partial charge in [-0.1, -0.05) is 6.92 Å². The Morgan fingerprint density at radius 2 is 2.10 bits per heavy atom. The summed E-state index contributed by atoms with van der Waals surface area (Å²) in [7, 11) is 0. The van der Waals surface area contributed by atoms with Crippen LogP contribution in [-0.4, -0.2) is 40.3 Å². The molecule has 2 atom stereocenters. The van der Waals surface area contributed by atoms with Crippen molar-refractivity contribution in [3.63, 3.8) is 0 Å². The summed E-state index contributed by atoms with van der Waals surface area (Å²) in [4.78, 5) is 32.9. The van der Waals surface area contributed by atoms with E-state index in [9.17, 15) is 9.59 Å². The minimum absolute atomic E-state index is 0.0413. The SMILES string of the molecule is CCC1C(=O)N2CCCC2C(=O)N1c1ccc(C)nc1. The standard InChI is InChI=1S/C15H19N3O2/c1-3-12-14(19)17-8-4-5-13(17)15(20)18(12)11-7-6-10(2)16-9-11/h6-7,9,12-13H,3-5,8H2,1-2H3. The van der Waals surface area contributed by atoms with Gasteiger partial charge >= 0.3 is 0 Å². The monoisotopic (exact) mass is 273 g/mol. The van der Waals surface area contributed by atoms with Gasteiger partial charge in [-0.05, 0) is 38.3 Å². The summed E-state index contributed by atoms with van der Waals surface area (Å²) in [6.45, 7) is 4.57. The molecule has 20 heavy (non-hydrogen) atoms. The normalized spacial score (nSPS) is 26.1. The van der Waals surface area contributed by atoms with Crippen LogP contribution in [0.3, 0.4) is 0 Å². The van der Waals surface area contributed by atoms with Crippen molar-refractivity contribution < 1.29 is 9.59 Å². The van der Waals surface area contributed by atoms with E-state index in [4.69, 9.17) is 0 Å². The molecule has 2 amide bonds. The number of aryl methyl sites for hydroxylation is 1. The summed E-state index contributed by atoms with van der Waals surface area (Å²) >= 11 is 0. The Hall–Kier alpha value is -1.91. The van der Waals surface area contributed by atoms with Crippen molar-refractivity contribution in [3.8, 4) is 0 Å². The van der Waals surface area contributed by atoms with Crippen molar-refractivity contribution >= 4 is 17.5 Å². The number of nitrogens with zero attached hydrogens (tertiary/aromatic N) is 3. The molecular formula is C15H19N3O2. The van der Waals surface area contributed by atoms with Gasteiger partial charge in [-0.25, -0.2) is 0 Å². The minimum atomic E-state index is -0.388. The van der Waals surface area contributed by atoms with Crippen LogP contribution in [0.25, 0.3) is 0 Å². The first kappa shape index (κ1) is 13.1. The topological polar surface area (TPSA) is 53.5 Å². The summed E-state index contributed by atoms with van der Waals surface area (Å²) in [5.74, 6) is 0.120. The van der Waals surface area contributed by atoms with Gasteiger partial charge in [-0.3, -0.25) is 19.5 Å². The van der Waals surface area contributed by atoms with Gasteiger partial charge in [0, 0.05) is 12.2 Å². The first-order valence-corrected chi connectivity index (χ1v) is 7.19. The zero-order chi connectivity index (χ0) is 14.3. The number of carbonyl (C=O) groups is 2. The third-order valence-corrected chi connectivity index (χ3v) is 4.22.